The molecule has 0 atom stereocenters. The maximum Gasteiger partial charge on any atom is 0.134 e. The Balaban J connectivity index is 2.02. The van der Waals surface area contributed by atoms with Crippen LogP contribution in [0.25, 0.3) is 5.57 Å². The van der Waals surface area contributed by atoms with Crippen molar-refractivity contribution in [2.24, 2.45) is 4.99 Å². The molecule has 2 nitrogen and oxygen atoms in total. The first kappa shape index (κ1) is 18.3. The van der Waals surface area contributed by atoms with E-state index >= 15 is 0 Å². The van der Waals surface area contributed by atoms with Gasteiger partial charge in [-0.3, -0.25) is 4.99 Å². The fraction of sp³-hybridized carbons (Fsp3) is 0.318. The Morgan fingerprint density at radius 3 is 2.46 bits per heavy atom. The number of rotatable bonds is 3. The zero-order chi connectivity index (χ0) is 19.1. The zero-order valence-electron chi connectivity index (χ0n) is 15.9. The van der Waals surface area contributed by atoms with Crippen LogP contribution < -0.4 is 4.90 Å². The molecule has 2 aromatic carbocycles. The molecule has 0 unspecified atom stereocenters. The van der Waals surface area contributed by atoms with Crippen LogP contribution in [0.4, 0.5) is 20.2 Å². The highest BCUT2D eigenvalue weighted by molar-refractivity contribution is 5.89. The van der Waals surface area contributed by atoms with Crippen molar-refractivity contribution in [2.75, 3.05) is 11.4 Å². The molecule has 0 saturated carbocycles. The number of allylic oxidation sites excluding steroid dienone is 1. The van der Waals surface area contributed by atoms with Gasteiger partial charge in [0.05, 0.1) is 11.2 Å². The molecule has 0 fully saturated rings. The molecule has 1 aliphatic heterocycles. The quantitative estimate of drug-likeness (QED) is 0.613. The van der Waals surface area contributed by atoms with Crippen LogP contribution >= 0.6 is 0 Å². The number of halogens is 2. The molecule has 0 N–H and O–H groups in total. The number of hydrogen-bond donors (Lipinski definition) is 0. The summed E-state index contributed by atoms with van der Waals surface area (Å²) in [5.74, 6) is -0.581. The Bertz CT molecular complexity index is 911. The van der Waals surface area contributed by atoms with Crippen molar-refractivity contribution in [1.29, 1.82) is 0 Å². The van der Waals surface area contributed by atoms with E-state index in [-0.39, 0.29) is 17.2 Å². The molecule has 3 rings (SSSR count). The molecule has 0 amide bonds. The summed E-state index contributed by atoms with van der Waals surface area (Å²) in [7, 11) is 0. The Kier molecular flexibility index (Phi) is 4.70. The molecular formula is C22H24F2N2. The van der Waals surface area contributed by atoms with Crippen molar-refractivity contribution in [1.82, 2.24) is 0 Å². The number of aliphatic imine (C=N–C) groups is 1. The smallest absolute Gasteiger partial charge is 0.134 e. The minimum Gasteiger partial charge on any atom is -0.363 e. The van der Waals surface area contributed by atoms with Gasteiger partial charge in [0.2, 0.25) is 0 Å². The summed E-state index contributed by atoms with van der Waals surface area (Å²) in [6.45, 7) is 10.9. The summed E-state index contributed by atoms with van der Waals surface area (Å²) in [6.07, 6.45) is 3.71. The second-order valence-electron chi connectivity index (χ2n) is 7.31. The largest absolute Gasteiger partial charge is 0.363 e. The Hall–Kier alpha value is -2.49. The average Bonchev–Trinajstić information content (AvgIpc) is 2.56. The van der Waals surface area contributed by atoms with E-state index in [1.165, 1.54) is 12.3 Å². The Morgan fingerprint density at radius 1 is 1.08 bits per heavy atom. The van der Waals surface area contributed by atoms with Crippen molar-refractivity contribution >= 4 is 23.2 Å². The first-order valence-electron chi connectivity index (χ1n) is 8.84. The SMILES string of the molecule is CCN1c2cc(F)c(C=Nc3ccc(F)c(C)c3)cc2C(C)=CC1(C)C. The van der Waals surface area contributed by atoms with Gasteiger partial charge < -0.3 is 4.90 Å². The lowest BCUT2D eigenvalue weighted by atomic mass is 9.88. The van der Waals surface area contributed by atoms with Gasteiger partial charge in [0.1, 0.15) is 11.6 Å². The van der Waals surface area contributed by atoms with E-state index in [1.807, 2.05) is 6.07 Å². The van der Waals surface area contributed by atoms with E-state index in [9.17, 15) is 8.78 Å². The molecule has 0 bridgehead atoms. The second kappa shape index (κ2) is 6.67. The van der Waals surface area contributed by atoms with E-state index < -0.39 is 0 Å². The van der Waals surface area contributed by atoms with Gasteiger partial charge in [0.15, 0.2) is 0 Å². The highest BCUT2D eigenvalue weighted by atomic mass is 19.1. The van der Waals surface area contributed by atoms with Crippen molar-refractivity contribution in [3.63, 3.8) is 0 Å². The normalized spacial score (nSPS) is 16.0. The topological polar surface area (TPSA) is 15.6 Å². The lowest BCUT2D eigenvalue weighted by Gasteiger charge is -2.42. The summed E-state index contributed by atoms with van der Waals surface area (Å²) in [4.78, 5) is 6.51. The maximum atomic E-state index is 14.7. The fourth-order valence-corrected chi connectivity index (χ4v) is 3.64. The van der Waals surface area contributed by atoms with Gasteiger partial charge in [-0.1, -0.05) is 6.08 Å². The number of aryl methyl sites for hydroxylation is 1. The molecule has 2 aromatic rings. The number of fused-ring (bicyclic) bond motifs is 1. The van der Waals surface area contributed by atoms with Gasteiger partial charge in [0.25, 0.3) is 0 Å². The average molecular weight is 354 g/mol. The fourth-order valence-electron chi connectivity index (χ4n) is 3.64. The van der Waals surface area contributed by atoms with Crippen LogP contribution in [-0.4, -0.2) is 18.3 Å². The standard InChI is InChI=1S/C22H24F2N2/c1-6-26-21-11-20(24)16(10-18(21)15(3)12-22(26,4)5)13-25-17-7-8-19(23)14(2)9-17/h7-13H,6H2,1-5H3. The van der Waals surface area contributed by atoms with E-state index in [0.717, 1.165) is 23.4 Å². The minimum atomic E-state index is -0.310. The summed E-state index contributed by atoms with van der Waals surface area (Å²) in [6, 6.07) is 8.04. The third kappa shape index (κ3) is 3.28. The van der Waals surface area contributed by atoms with Gasteiger partial charge in [-0.15, -0.1) is 0 Å². The van der Waals surface area contributed by atoms with E-state index in [2.05, 4.69) is 43.7 Å². The first-order chi connectivity index (χ1) is 12.2. The van der Waals surface area contributed by atoms with Crippen LogP contribution in [0.1, 0.15) is 44.4 Å². The van der Waals surface area contributed by atoms with Crippen molar-refractivity contribution in [3.05, 3.63) is 64.7 Å². The van der Waals surface area contributed by atoms with Crippen LogP contribution in [0.2, 0.25) is 0 Å². The Morgan fingerprint density at radius 2 is 1.81 bits per heavy atom. The van der Waals surface area contributed by atoms with E-state index in [0.29, 0.717) is 16.8 Å². The summed E-state index contributed by atoms with van der Waals surface area (Å²) < 4.78 is 28.1. The van der Waals surface area contributed by atoms with E-state index in [4.69, 9.17) is 0 Å². The van der Waals surface area contributed by atoms with Gasteiger partial charge in [0, 0.05) is 29.6 Å². The van der Waals surface area contributed by atoms with Crippen LogP contribution in [0.15, 0.2) is 41.4 Å². The predicted octanol–water partition coefficient (Wildman–Crippen LogP) is 6.05. The van der Waals surface area contributed by atoms with Gasteiger partial charge in [-0.05, 0) is 76.1 Å². The van der Waals surface area contributed by atoms with Crippen LogP contribution in [-0.2, 0) is 0 Å². The molecule has 0 radical (unpaired) electrons. The van der Waals surface area contributed by atoms with Gasteiger partial charge in [-0.25, -0.2) is 8.78 Å². The molecule has 0 saturated heterocycles. The maximum absolute atomic E-state index is 14.7. The lowest BCUT2D eigenvalue weighted by molar-refractivity contribution is 0.561. The van der Waals surface area contributed by atoms with Crippen LogP contribution in [0.3, 0.4) is 0 Å². The monoisotopic (exact) mass is 354 g/mol. The van der Waals surface area contributed by atoms with Crippen LogP contribution in [0.5, 0.6) is 0 Å². The van der Waals surface area contributed by atoms with E-state index in [1.54, 1.807) is 25.1 Å². The molecule has 1 heterocycles. The molecule has 0 spiro atoms. The molecule has 26 heavy (non-hydrogen) atoms. The minimum absolute atomic E-state index is 0.153. The van der Waals surface area contributed by atoms with Crippen molar-refractivity contribution in [2.45, 2.75) is 40.2 Å². The second-order valence-corrected chi connectivity index (χ2v) is 7.31. The zero-order valence-corrected chi connectivity index (χ0v) is 15.9. The molecule has 0 aliphatic carbocycles. The summed E-state index contributed by atoms with van der Waals surface area (Å²) in [5, 5.41) is 0. The molecule has 0 aromatic heterocycles. The number of nitrogens with zero attached hydrogens (tertiary/aromatic N) is 2. The molecule has 4 heteroatoms. The number of anilines is 1. The number of hydrogen-bond acceptors (Lipinski definition) is 2. The summed E-state index contributed by atoms with van der Waals surface area (Å²) in [5.41, 5.74) is 4.44. The molecule has 1 aliphatic rings. The molecule has 136 valence electrons. The lowest BCUT2D eigenvalue weighted by Crippen LogP contribution is -2.45. The third-order valence-corrected chi connectivity index (χ3v) is 4.91. The predicted molar refractivity (Wildman–Crippen MR) is 106 cm³/mol. The highest BCUT2D eigenvalue weighted by Gasteiger charge is 2.30. The number of benzene rings is 2. The highest BCUT2D eigenvalue weighted by Crippen LogP contribution is 2.39. The van der Waals surface area contributed by atoms with Crippen LogP contribution in [0, 0.1) is 18.6 Å². The molecular weight excluding hydrogens is 330 g/mol. The van der Waals surface area contributed by atoms with Gasteiger partial charge >= 0.3 is 0 Å². The van der Waals surface area contributed by atoms with Crippen molar-refractivity contribution < 1.29 is 8.78 Å². The Labute approximate surface area is 153 Å². The third-order valence-electron chi connectivity index (χ3n) is 4.91. The van der Waals surface area contributed by atoms with Crippen molar-refractivity contribution in [3.8, 4) is 0 Å². The first-order valence-corrected chi connectivity index (χ1v) is 8.84. The number of likely N-dealkylation sites (N-methyl/N-ethyl adjacent to an activating group) is 1. The summed E-state index contributed by atoms with van der Waals surface area (Å²) >= 11 is 0. The van der Waals surface area contributed by atoms with Gasteiger partial charge in [-0.2, -0.15) is 0 Å².